The van der Waals surface area contributed by atoms with Crippen molar-refractivity contribution in [3.8, 4) is 11.5 Å². The number of carbonyl (C=O) groups is 2. The summed E-state index contributed by atoms with van der Waals surface area (Å²) < 4.78 is 5.35. The van der Waals surface area contributed by atoms with Gasteiger partial charge in [0.2, 0.25) is 11.8 Å². The van der Waals surface area contributed by atoms with Crippen LogP contribution in [0.2, 0.25) is 0 Å². The fourth-order valence-corrected chi connectivity index (χ4v) is 1.66. The number of carboxylic acid groups (broad SMARTS) is 1. The van der Waals surface area contributed by atoms with Gasteiger partial charge in [-0.1, -0.05) is 17.7 Å². The predicted octanol–water partition coefficient (Wildman–Crippen LogP) is 1.99. The van der Waals surface area contributed by atoms with Crippen LogP contribution in [-0.4, -0.2) is 22.0 Å². The number of rotatable bonds is 5. The molecule has 1 aromatic heterocycles. The summed E-state index contributed by atoms with van der Waals surface area (Å²) in [4.78, 5) is 26.5. The minimum atomic E-state index is -1.16. The zero-order chi connectivity index (χ0) is 15.4. The van der Waals surface area contributed by atoms with E-state index in [1.54, 1.807) is 0 Å². The quantitative estimate of drug-likeness (QED) is 0.821. The topological polar surface area (TPSA) is 92.4 Å². The number of amides is 1. The first-order valence-electron chi connectivity index (χ1n) is 6.49. The van der Waals surface area contributed by atoms with Crippen molar-refractivity contribution in [3.05, 3.63) is 41.8 Å². The van der Waals surface area contributed by atoms with Gasteiger partial charge in [0.05, 0.1) is 12.2 Å². The minimum Gasteiger partial charge on any atom is -0.481 e. The van der Waals surface area contributed by atoms with Crippen molar-refractivity contribution in [1.82, 2.24) is 10.3 Å². The van der Waals surface area contributed by atoms with Crippen LogP contribution in [0, 0.1) is 12.8 Å². The summed E-state index contributed by atoms with van der Waals surface area (Å²) in [5.74, 6) is -2.34. The van der Waals surface area contributed by atoms with Crippen molar-refractivity contribution in [2.45, 2.75) is 20.4 Å². The van der Waals surface area contributed by atoms with Crippen LogP contribution in [0.4, 0.5) is 0 Å². The van der Waals surface area contributed by atoms with Gasteiger partial charge in [-0.15, -0.1) is 0 Å². The number of aromatic nitrogens is 1. The molecular weight excluding hydrogens is 272 g/mol. The van der Waals surface area contributed by atoms with Gasteiger partial charge in [-0.25, -0.2) is 4.98 Å². The number of hydrogen-bond donors (Lipinski definition) is 2. The average Bonchev–Trinajstić information content (AvgIpc) is 2.93. The highest BCUT2D eigenvalue weighted by molar-refractivity contribution is 5.96. The standard InChI is InChI=1S/C15H16N2O4/c1-9-3-5-11(6-4-9)14-17-12(8-21-14)7-16-13(18)10(2)15(19)20/h3-6,8,10H,7H2,1-2H3,(H,16,18)(H,19,20). The Morgan fingerprint density at radius 1 is 1.33 bits per heavy atom. The lowest BCUT2D eigenvalue weighted by atomic mass is 10.1. The fraction of sp³-hybridized carbons (Fsp3) is 0.267. The lowest BCUT2D eigenvalue weighted by Crippen LogP contribution is -2.33. The molecule has 0 saturated carbocycles. The molecule has 2 N–H and O–H groups in total. The summed E-state index contributed by atoms with van der Waals surface area (Å²) >= 11 is 0. The first-order chi connectivity index (χ1) is 9.97. The molecule has 0 spiro atoms. The highest BCUT2D eigenvalue weighted by Crippen LogP contribution is 2.19. The molecule has 0 aliphatic carbocycles. The average molecular weight is 288 g/mol. The highest BCUT2D eigenvalue weighted by atomic mass is 16.4. The minimum absolute atomic E-state index is 0.131. The van der Waals surface area contributed by atoms with Crippen LogP contribution in [0.15, 0.2) is 34.9 Å². The SMILES string of the molecule is Cc1ccc(-c2nc(CNC(=O)C(C)C(=O)O)co2)cc1. The van der Waals surface area contributed by atoms with E-state index in [-0.39, 0.29) is 6.54 Å². The summed E-state index contributed by atoms with van der Waals surface area (Å²) in [6.45, 7) is 3.45. The van der Waals surface area contributed by atoms with Crippen LogP contribution < -0.4 is 5.32 Å². The molecule has 110 valence electrons. The Bertz CT molecular complexity index is 646. The Hall–Kier alpha value is -2.63. The van der Waals surface area contributed by atoms with Gasteiger partial charge >= 0.3 is 5.97 Å². The Kier molecular flexibility index (Phi) is 4.37. The van der Waals surface area contributed by atoms with E-state index in [2.05, 4.69) is 10.3 Å². The first-order valence-corrected chi connectivity index (χ1v) is 6.49. The largest absolute Gasteiger partial charge is 0.481 e. The zero-order valence-electron chi connectivity index (χ0n) is 11.8. The molecule has 1 unspecified atom stereocenters. The number of carbonyl (C=O) groups excluding carboxylic acids is 1. The third-order valence-electron chi connectivity index (χ3n) is 3.06. The Morgan fingerprint density at radius 3 is 2.62 bits per heavy atom. The van der Waals surface area contributed by atoms with Crippen molar-refractivity contribution in [1.29, 1.82) is 0 Å². The first kappa shape index (κ1) is 14.8. The summed E-state index contributed by atoms with van der Waals surface area (Å²) in [6, 6.07) is 7.71. The molecule has 0 bridgehead atoms. The second-order valence-corrected chi connectivity index (χ2v) is 4.79. The predicted molar refractivity (Wildman–Crippen MR) is 75.3 cm³/mol. The molecule has 6 heteroatoms. The fourth-order valence-electron chi connectivity index (χ4n) is 1.66. The van der Waals surface area contributed by atoms with E-state index < -0.39 is 17.8 Å². The van der Waals surface area contributed by atoms with Gasteiger partial charge in [0.25, 0.3) is 0 Å². The number of oxazole rings is 1. The van der Waals surface area contributed by atoms with Crippen LogP contribution in [0.25, 0.3) is 11.5 Å². The molecule has 0 fully saturated rings. The van der Waals surface area contributed by atoms with Crippen molar-refractivity contribution in [2.75, 3.05) is 0 Å². The van der Waals surface area contributed by atoms with Crippen molar-refractivity contribution in [2.24, 2.45) is 5.92 Å². The molecule has 0 saturated heterocycles. The maximum atomic E-state index is 11.5. The molecule has 6 nitrogen and oxygen atoms in total. The molecule has 0 aliphatic rings. The summed E-state index contributed by atoms with van der Waals surface area (Å²) in [5.41, 5.74) is 2.52. The van der Waals surface area contributed by atoms with Gasteiger partial charge in [-0.05, 0) is 26.0 Å². The molecule has 1 heterocycles. The number of hydrogen-bond acceptors (Lipinski definition) is 4. The monoisotopic (exact) mass is 288 g/mol. The number of benzene rings is 1. The molecule has 1 atom stereocenters. The Balaban J connectivity index is 1.99. The van der Waals surface area contributed by atoms with E-state index in [4.69, 9.17) is 9.52 Å². The lowest BCUT2D eigenvalue weighted by Gasteiger charge is -2.05. The number of aryl methyl sites for hydroxylation is 1. The molecular formula is C15H16N2O4. The van der Waals surface area contributed by atoms with Gasteiger partial charge in [0, 0.05) is 5.56 Å². The van der Waals surface area contributed by atoms with Crippen LogP contribution in [0.1, 0.15) is 18.2 Å². The number of carboxylic acids is 1. The Morgan fingerprint density at radius 2 is 2.00 bits per heavy atom. The number of nitrogens with zero attached hydrogens (tertiary/aromatic N) is 1. The third-order valence-corrected chi connectivity index (χ3v) is 3.06. The number of nitrogens with one attached hydrogen (secondary N) is 1. The summed E-state index contributed by atoms with van der Waals surface area (Å²) in [5, 5.41) is 11.2. The van der Waals surface area contributed by atoms with E-state index in [0.717, 1.165) is 11.1 Å². The van der Waals surface area contributed by atoms with Crippen molar-refractivity contribution >= 4 is 11.9 Å². The van der Waals surface area contributed by atoms with E-state index in [1.165, 1.54) is 13.2 Å². The van der Waals surface area contributed by atoms with Gasteiger partial charge in [-0.2, -0.15) is 0 Å². The van der Waals surface area contributed by atoms with E-state index >= 15 is 0 Å². The molecule has 1 amide bonds. The zero-order valence-corrected chi connectivity index (χ0v) is 11.8. The van der Waals surface area contributed by atoms with Crippen LogP contribution in [0.3, 0.4) is 0 Å². The van der Waals surface area contributed by atoms with E-state index in [0.29, 0.717) is 11.6 Å². The maximum Gasteiger partial charge on any atom is 0.315 e. The molecule has 0 radical (unpaired) electrons. The highest BCUT2D eigenvalue weighted by Gasteiger charge is 2.20. The van der Waals surface area contributed by atoms with Gasteiger partial charge in [0.15, 0.2) is 0 Å². The second-order valence-electron chi connectivity index (χ2n) is 4.79. The molecule has 2 rings (SSSR count). The molecule has 0 aliphatic heterocycles. The third kappa shape index (κ3) is 3.68. The second kappa shape index (κ2) is 6.21. The van der Waals surface area contributed by atoms with Crippen molar-refractivity contribution < 1.29 is 19.1 Å². The Labute approximate surface area is 121 Å². The maximum absolute atomic E-state index is 11.5. The smallest absolute Gasteiger partial charge is 0.315 e. The summed E-state index contributed by atoms with van der Waals surface area (Å²) in [6.07, 6.45) is 1.45. The lowest BCUT2D eigenvalue weighted by molar-refractivity contribution is -0.146. The number of aliphatic carboxylic acids is 1. The molecule has 1 aromatic carbocycles. The normalized spacial score (nSPS) is 11.9. The van der Waals surface area contributed by atoms with Crippen LogP contribution in [0.5, 0.6) is 0 Å². The van der Waals surface area contributed by atoms with Gasteiger partial charge in [-0.3, -0.25) is 9.59 Å². The molecule has 21 heavy (non-hydrogen) atoms. The van der Waals surface area contributed by atoms with Crippen molar-refractivity contribution in [3.63, 3.8) is 0 Å². The van der Waals surface area contributed by atoms with Gasteiger partial charge in [0.1, 0.15) is 12.2 Å². The van der Waals surface area contributed by atoms with Crippen LogP contribution in [-0.2, 0) is 16.1 Å². The van der Waals surface area contributed by atoms with E-state index in [1.807, 2.05) is 31.2 Å². The van der Waals surface area contributed by atoms with Crippen LogP contribution >= 0.6 is 0 Å². The molecule has 2 aromatic rings. The summed E-state index contributed by atoms with van der Waals surface area (Å²) in [7, 11) is 0. The van der Waals surface area contributed by atoms with Gasteiger partial charge < -0.3 is 14.8 Å². The van der Waals surface area contributed by atoms with E-state index in [9.17, 15) is 9.59 Å².